The topological polar surface area (TPSA) is 87.7 Å². The van der Waals surface area contributed by atoms with Crippen LogP contribution in [0.15, 0.2) is 35.4 Å². The summed E-state index contributed by atoms with van der Waals surface area (Å²) >= 11 is 0. The molecule has 0 saturated carbocycles. The van der Waals surface area contributed by atoms with Crippen LogP contribution in [-0.2, 0) is 19.5 Å². The van der Waals surface area contributed by atoms with Gasteiger partial charge in [0.25, 0.3) is 5.56 Å². The Bertz CT molecular complexity index is 1090. The molecule has 1 saturated heterocycles. The molecule has 4 rings (SSSR count). The average Bonchev–Trinajstić information content (AvgIpc) is 3.22. The normalized spacial score (nSPS) is 16.7. The number of nitrogens with one attached hydrogen (secondary N) is 1. The summed E-state index contributed by atoms with van der Waals surface area (Å²) in [5, 5.41) is 17.6. The second kappa shape index (κ2) is 9.51. The highest BCUT2D eigenvalue weighted by Crippen LogP contribution is 2.29. The number of piperidine rings is 1. The van der Waals surface area contributed by atoms with Crippen molar-refractivity contribution in [2.75, 3.05) is 23.4 Å². The molecular weight excluding hydrogens is 392 g/mol. The maximum absolute atomic E-state index is 11.9. The molecule has 0 amide bonds. The van der Waals surface area contributed by atoms with Crippen LogP contribution in [0.5, 0.6) is 0 Å². The molecule has 3 aromatic rings. The number of hydrogen-bond donors (Lipinski definition) is 2. The molecule has 0 bridgehead atoms. The highest BCUT2D eigenvalue weighted by atomic mass is 16.3. The predicted octanol–water partition coefficient (Wildman–Crippen LogP) is 2.83. The summed E-state index contributed by atoms with van der Waals surface area (Å²) in [5.74, 6) is 1.81. The highest BCUT2D eigenvalue weighted by molar-refractivity contribution is 5.61. The first-order valence-electron chi connectivity index (χ1n) is 11.3. The fourth-order valence-corrected chi connectivity index (χ4v) is 4.39. The lowest BCUT2D eigenvalue weighted by molar-refractivity contribution is 0.262. The predicted molar refractivity (Wildman–Crippen MR) is 123 cm³/mol. The van der Waals surface area contributed by atoms with E-state index in [1.54, 1.807) is 10.6 Å². The van der Waals surface area contributed by atoms with Gasteiger partial charge in [-0.25, -0.2) is 4.98 Å². The Hall–Kier alpha value is -2.87. The van der Waals surface area contributed by atoms with Crippen LogP contribution in [0, 0.1) is 0 Å². The first-order chi connectivity index (χ1) is 15.1. The summed E-state index contributed by atoms with van der Waals surface area (Å²) in [6.07, 6.45) is 8.81. The zero-order valence-corrected chi connectivity index (χ0v) is 18.4. The molecule has 0 aromatic carbocycles. The van der Waals surface area contributed by atoms with Gasteiger partial charge in [0.1, 0.15) is 11.6 Å². The third kappa shape index (κ3) is 4.44. The van der Waals surface area contributed by atoms with Crippen LogP contribution in [0.25, 0.3) is 5.65 Å². The van der Waals surface area contributed by atoms with Gasteiger partial charge in [-0.15, -0.1) is 0 Å². The van der Waals surface area contributed by atoms with Crippen LogP contribution < -0.4 is 15.8 Å². The number of aromatic nitrogens is 4. The van der Waals surface area contributed by atoms with Gasteiger partial charge < -0.3 is 19.9 Å². The molecule has 0 radical (unpaired) electrons. The fraction of sp³-hybridized carbons (Fsp3) is 0.522. The Morgan fingerprint density at radius 1 is 1.26 bits per heavy atom. The zero-order chi connectivity index (χ0) is 21.8. The molecule has 8 nitrogen and oxygen atoms in total. The van der Waals surface area contributed by atoms with Crippen LogP contribution in [0.2, 0.25) is 0 Å². The van der Waals surface area contributed by atoms with Crippen molar-refractivity contribution in [2.45, 2.75) is 65.1 Å². The van der Waals surface area contributed by atoms with Gasteiger partial charge in [-0.1, -0.05) is 13.0 Å². The van der Waals surface area contributed by atoms with E-state index in [1.807, 2.05) is 29.9 Å². The minimum atomic E-state index is 0.0134. The van der Waals surface area contributed by atoms with E-state index in [4.69, 9.17) is 4.98 Å². The number of fused-ring (bicyclic) bond motifs is 1. The van der Waals surface area contributed by atoms with Crippen molar-refractivity contribution in [3.05, 3.63) is 52.1 Å². The number of aliphatic hydroxyl groups excluding tert-OH is 1. The number of nitrogens with zero attached hydrogens (tertiary/aromatic N) is 5. The summed E-state index contributed by atoms with van der Waals surface area (Å²) < 4.78 is 3.57. The van der Waals surface area contributed by atoms with Crippen molar-refractivity contribution >= 4 is 17.3 Å². The molecule has 1 unspecified atom stereocenters. The van der Waals surface area contributed by atoms with Crippen molar-refractivity contribution in [1.29, 1.82) is 0 Å². The van der Waals surface area contributed by atoms with Gasteiger partial charge in [0, 0.05) is 56.2 Å². The summed E-state index contributed by atoms with van der Waals surface area (Å²) in [6, 6.07) is 5.85. The van der Waals surface area contributed by atoms with E-state index in [2.05, 4.69) is 28.3 Å². The van der Waals surface area contributed by atoms with Gasteiger partial charge in [0.15, 0.2) is 5.65 Å². The van der Waals surface area contributed by atoms with Crippen molar-refractivity contribution < 1.29 is 5.11 Å². The lowest BCUT2D eigenvalue weighted by Gasteiger charge is -2.36. The third-order valence-corrected chi connectivity index (χ3v) is 6.16. The Labute approximate surface area is 182 Å². The quantitative estimate of drug-likeness (QED) is 0.578. The maximum atomic E-state index is 11.9. The van der Waals surface area contributed by atoms with Gasteiger partial charge in [-0.2, -0.15) is 9.61 Å². The monoisotopic (exact) mass is 424 g/mol. The van der Waals surface area contributed by atoms with E-state index >= 15 is 0 Å². The van der Waals surface area contributed by atoms with E-state index in [9.17, 15) is 9.90 Å². The van der Waals surface area contributed by atoms with Gasteiger partial charge in [0.05, 0.1) is 6.20 Å². The van der Waals surface area contributed by atoms with E-state index in [0.717, 1.165) is 60.6 Å². The molecule has 0 spiro atoms. The molecule has 3 aromatic heterocycles. The second-order valence-corrected chi connectivity index (χ2v) is 8.13. The zero-order valence-electron chi connectivity index (χ0n) is 18.4. The maximum Gasteiger partial charge on any atom is 0.250 e. The molecular formula is C23H32N6O2. The van der Waals surface area contributed by atoms with Gasteiger partial charge in [0.2, 0.25) is 0 Å². The Balaban J connectivity index is 1.68. The molecule has 1 atom stereocenters. The third-order valence-electron chi connectivity index (χ3n) is 6.16. The molecule has 1 aliphatic rings. The van der Waals surface area contributed by atoms with Crippen LogP contribution in [0.4, 0.5) is 11.6 Å². The smallest absolute Gasteiger partial charge is 0.250 e. The second-order valence-electron chi connectivity index (χ2n) is 8.13. The van der Waals surface area contributed by atoms with Crippen molar-refractivity contribution in [3.63, 3.8) is 0 Å². The van der Waals surface area contributed by atoms with E-state index in [1.165, 1.54) is 6.42 Å². The standard InChI is InChI=1S/C23H32N6O2/c1-3-18-15-25-29-20(24-14-17-8-9-22(31)27(4-2)16-17)13-21(26-23(18)29)28-11-6-5-7-19(28)10-12-30/h8-9,13,15-16,19,24,30H,3-7,10-12,14H2,1-2H3. The number of pyridine rings is 1. The van der Waals surface area contributed by atoms with E-state index in [-0.39, 0.29) is 12.2 Å². The lowest BCUT2D eigenvalue weighted by Crippen LogP contribution is -2.40. The molecule has 1 fully saturated rings. The van der Waals surface area contributed by atoms with Gasteiger partial charge in [-0.3, -0.25) is 4.79 Å². The van der Waals surface area contributed by atoms with E-state index in [0.29, 0.717) is 19.1 Å². The largest absolute Gasteiger partial charge is 0.396 e. The molecule has 0 aliphatic carbocycles. The fourth-order valence-electron chi connectivity index (χ4n) is 4.39. The average molecular weight is 425 g/mol. The summed E-state index contributed by atoms with van der Waals surface area (Å²) in [4.78, 5) is 19.2. The molecule has 31 heavy (non-hydrogen) atoms. The number of rotatable bonds is 8. The molecule has 8 heteroatoms. The summed E-state index contributed by atoms with van der Waals surface area (Å²) in [5.41, 5.74) is 3.03. The molecule has 1 aliphatic heterocycles. The molecule has 2 N–H and O–H groups in total. The number of anilines is 2. The minimum Gasteiger partial charge on any atom is -0.396 e. The van der Waals surface area contributed by atoms with Gasteiger partial charge >= 0.3 is 0 Å². The lowest BCUT2D eigenvalue weighted by atomic mass is 9.99. The van der Waals surface area contributed by atoms with Crippen molar-refractivity contribution in [1.82, 2.24) is 19.2 Å². The number of aliphatic hydroxyl groups is 1. The summed E-state index contributed by atoms with van der Waals surface area (Å²) in [6.45, 7) is 6.45. The van der Waals surface area contributed by atoms with Crippen LogP contribution >= 0.6 is 0 Å². The first kappa shape index (κ1) is 21.4. The van der Waals surface area contributed by atoms with Crippen LogP contribution in [0.1, 0.15) is 50.7 Å². The first-order valence-corrected chi connectivity index (χ1v) is 11.3. The van der Waals surface area contributed by atoms with Crippen LogP contribution in [0.3, 0.4) is 0 Å². The number of hydrogen-bond acceptors (Lipinski definition) is 6. The Kier molecular flexibility index (Phi) is 6.56. The molecule has 166 valence electrons. The minimum absolute atomic E-state index is 0.0134. The Morgan fingerprint density at radius 2 is 2.13 bits per heavy atom. The van der Waals surface area contributed by atoms with E-state index < -0.39 is 0 Å². The van der Waals surface area contributed by atoms with Crippen LogP contribution in [-0.4, -0.2) is 43.5 Å². The summed E-state index contributed by atoms with van der Waals surface area (Å²) in [7, 11) is 0. The van der Waals surface area contributed by atoms with Crippen molar-refractivity contribution in [2.24, 2.45) is 0 Å². The number of aryl methyl sites for hydroxylation is 2. The Morgan fingerprint density at radius 3 is 2.90 bits per heavy atom. The molecule has 4 heterocycles. The SMILES string of the molecule is CCc1cnn2c(NCc3ccc(=O)n(CC)c3)cc(N3CCCCC3CCO)nc12. The van der Waals surface area contributed by atoms with Gasteiger partial charge in [-0.05, 0) is 44.6 Å². The van der Waals surface area contributed by atoms with Crippen molar-refractivity contribution in [3.8, 4) is 0 Å². The highest BCUT2D eigenvalue weighted by Gasteiger charge is 2.24.